The molecule has 0 aromatic heterocycles. The summed E-state index contributed by atoms with van der Waals surface area (Å²) in [6.45, 7) is 2.54. The Morgan fingerprint density at radius 2 is 1.88 bits per heavy atom. The molecular formula is C11H22O6. The Hall–Kier alpha value is -0.240. The number of ether oxygens (including phenoxy) is 3. The Kier molecular flexibility index (Phi) is 6.32. The van der Waals surface area contributed by atoms with Gasteiger partial charge in [-0.05, 0) is 6.42 Å². The zero-order valence-electron chi connectivity index (χ0n) is 10.3. The molecule has 0 radical (unpaired) electrons. The summed E-state index contributed by atoms with van der Waals surface area (Å²) in [7, 11) is 1.43. The highest BCUT2D eigenvalue weighted by molar-refractivity contribution is 4.86. The van der Waals surface area contributed by atoms with Crippen LogP contribution in [-0.2, 0) is 14.2 Å². The van der Waals surface area contributed by atoms with Gasteiger partial charge in [0, 0.05) is 19.6 Å². The summed E-state index contributed by atoms with van der Waals surface area (Å²) in [5.41, 5.74) is 0. The van der Waals surface area contributed by atoms with E-state index in [1.54, 1.807) is 0 Å². The van der Waals surface area contributed by atoms with Gasteiger partial charge in [0.05, 0.1) is 25.4 Å². The van der Waals surface area contributed by atoms with Gasteiger partial charge in [0.15, 0.2) is 6.29 Å². The maximum absolute atomic E-state index is 9.83. The molecule has 1 aliphatic rings. The second-order valence-electron chi connectivity index (χ2n) is 4.24. The Morgan fingerprint density at radius 1 is 1.18 bits per heavy atom. The third-order valence-electron chi connectivity index (χ3n) is 3.08. The molecule has 5 unspecified atom stereocenters. The molecule has 0 saturated carbocycles. The molecule has 1 saturated heterocycles. The first-order chi connectivity index (χ1) is 8.11. The number of aliphatic hydroxyl groups is 3. The Balaban J connectivity index is 2.42. The summed E-state index contributed by atoms with van der Waals surface area (Å²) < 4.78 is 15.7. The van der Waals surface area contributed by atoms with Gasteiger partial charge in [-0.2, -0.15) is 0 Å². The van der Waals surface area contributed by atoms with Crippen LogP contribution in [0.1, 0.15) is 13.3 Å². The van der Waals surface area contributed by atoms with Crippen LogP contribution in [0.4, 0.5) is 0 Å². The third-order valence-corrected chi connectivity index (χ3v) is 3.08. The van der Waals surface area contributed by atoms with Crippen LogP contribution in [0.15, 0.2) is 0 Å². The average molecular weight is 250 g/mol. The van der Waals surface area contributed by atoms with Gasteiger partial charge in [0.25, 0.3) is 0 Å². The molecule has 3 N–H and O–H groups in total. The van der Waals surface area contributed by atoms with Gasteiger partial charge >= 0.3 is 0 Å². The second kappa shape index (κ2) is 7.25. The van der Waals surface area contributed by atoms with E-state index in [9.17, 15) is 10.2 Å². The van der Waals surface area contributed by atoms with Crippen molar-refractivity contribution in [2.45, 2.75) is 37.9 Å². The maximum Gasteiger partial charge on any atom is 0.185 e. The van der Waals surface area contributed by atoms with Crippen LogP contribution in [0.5, 0.6) is 0 Å². The zero-order chi connectivity index (χ0) is 12.8. The first-order valence-electron chi connectivity index (χ1n) is 5.84. The highest BCUT2D eigenvalue weighted by atomic mass is 16.7. The average Bonchev–Trinajstić information content (AvgIpc) is 2.34. The molecule has 0 bridgehead atoms. The van der Waals surface area contributed by atoms with Gasteiger partial charge < -0.3 is 29.5 Å². The minimum atomic E-state index is -1.02. The summed E-state index contributed by atoms with van der Waals surface area (Å²) in [6.07, 6.45) is -2.33. The smallest absolute Gasteiger partial charge is 0.185 e. The predicted molar refractivity (Wildman–Crippen MR) is 59.4 cm³/mol. The van der Waals surface area contributed by atoms with Gasteiger partial charge in [-0.25, -0.2) is 0 Å². The number of aliphatic hydroxyl groups excluding tert-OH is 3. The molecular weight excluding hydrogens is 228 g/mol. The number of methoxy groups -OCH3 is 1. The number of hydrogen-bond acceptors (Lipinski definition) is 6. The summed E-state index contributed by atoms with van der Waals surface area (Å²) in [5, 5.41) is 28.1. The van der Waals surface area contributed by atoms with Crippen molar-refractivity contribution in [3.05, 3.63) is 0 Å². The quantitative estimate of drug-likeness (QED) is 0.530. The van der Waals surface area contributed by atoms with Gasteiger partial charge in [-0.1, -0.05) is 6.92 Å². The molecule has 0 spiro atoms. The second-order valence-corrected chi connectivity index (χ2v) is 4.24. The first-order valence-corrected chi connectivity index (χ1v) is 5.84. The standard InChI is InChI=1S/C11H22O6/c1-7-8(3-5-16-6-4-12)17-11(15-2)10(14)9(7)13/h7-14H,3-6H2,1-2H3. The summed E-state index contributed by atoms with van der Waals surface area (Å²) in [6, 6.07) is 0. The Labute approximate surface area is 101 Å². The largest absolute Gasteiger partial charge is 0.394 e. The molecule has 17 heavy (non-hydrogen) atoms. The third kappa shape index (κ3) is 3.87. The lowest BCUT2D eigenvalue weighted by atomic mass is 9.89. The molecule has 0 aromatic carbocycles. The molecule has 0 amide bonds. The topological polar surface area (TPSA) is 88.4 Å². The van der Waals surface area contributed by atoms with Crippen LogP contribution in [-0.4, -0.2) is 66.9 Å². The van der Waals surface area contributed by atoms with E-state index in [0.717, 1.165) is 0 Å². The lowest BCUT2D eigenvalue weighted by molar-refractivity contribution is -0.277. The zero-order valence-corrected chi connectivity index (χ0v) is 10.3. The van der Waals surface area contributed by atoms with E-state index in [4.69, 9.17) is 19.3 Å². The molecule has 1 rings (SSSR count). The van der Waals surface area contributed by atoms with Crippen molar-refractivity contribution >= 4 is 0 Å². The van der Waals surface area contributed by atoms with E-state index in [0.29, 0.717) is 19.6 Å². The van der Waals surface area contributed by atoms with Crippen molar-refractivity contribution < 1.29 is 29.5 Å². The van der Waals surface area contributed by atoms with E-state index in [1.807, 2.05) is 6.92 Å². The van der Waals surface area contributed by atoms with E-state index in [1.165, 1.54) is 7.11 Å². The fraction of sp³-hybridized carbons (Fsp3) is 1.00. The molecule has 0 aliphatic carbocycles. The van der Waals surface area contributed by atoms with E-state index in [-0.39, 0.29) is 18.6 Å². The van der Waals surface area contributed by atoms with Crippen LogP contribution in [0.25, 0.3) is 0 Å². The summed E-state index contributed by atoms with van der Waals surface area (Å²) in [5.74, 6) is -0.186. The normalized spacial score (nSPS) is 38.3. The van der Waals surface area contributed by atoms with Gasteiger partial charge in [-0.3, -0.25) is 0 Å². The lowest BCUT2D eigenvalue weighted by Crippen LogP contribution is -2.54. The first kappa shape index (κ1) is 14.8. The number of rotatable bonds is 6. The fourth-order valence-corrected chi connectivity index (χ4v) is 1.96. The van der Waals surface area contributed by atoms with Crippen molar-refractivity contribution in [1.82, 2.24) is 0 Å². The minimum Gasteiger partial charge on any atom is -0.394 e. The fourth-order valence-electron chi connectivity index (χ4n) is 1.96. The summed E-state index contributed by atoms with van der Waals surface area (Å²) in [4.78, 5) is 0. The molecule has 0 aromatic rings. The van der Waals surface area contributed by atoms with Crippen LogP contribution in [0.2, 0.25) is 0 Å². The molecule has 102 valence electrons. The van der Waals surface area contributed by atoms with E-state index >= 15 is 0 Å². The molecule has 6 nitrogen and oxygen atoms in total. The van der Waals surface area contributed by atoms with Crippen molar-refractivity contribution in [3.8, 4) is 0 Å². The van der Waals surface area contributed by atoms with Crippen molar-refractivity contribution in [2.24, 2.45) is 5.92 Å². The molecule has 1 heterocycles. The highest BCUT2D eigenvalue weighted by Gasteiger charge is 2.41. The SMILES string of the molecule is COC1OC(CCOCCO)C(C)C(O)C1O. The van der Waals surface area contributed by atoms with Crippen LogP contribution < -0.4 is 0 Å². The van der Waals surface area contributed by atoms with Gasteiger partial charge in [0.2, 0.25) is 0 Å². The van der Waals surface area contributed by atoms with Crippen molar-refractivity contribution in [1.29, 1.82) is 0 Å². The van der Waals surface area contributed by atoms with Crippen LogP contribution >= 0.6 is 0 Å². The molecule has 6 heteroatoms. The van der Waals surface area contributed by atoms with Gasteiger partial charge in [-0.15, -0.1) is 0 Å². The van der Waals surface area contributed by atoms with E-state index < -0.39 is 18.5 Å². The Morgan fingerprint density at radius 3 is 2.47 bits per heavy atom. The van der Waals surface area contributed by atoms with Gasteiger partial charge in [0.1, 0.15) is 6.10 Å². The molecule has 5 atom stereocenters. The summed E-state index contributed by atoms with van der Waals surface area (Å²) >= 11 is 0. The maximum atomic E-state index is 9.83. The van der Waals surface area contributed by atoms with Crippen LogP contribution in [0.3, 0.4) is 0 Å². The Bertz CT molecular complexity index is 210. The number of hydrogen-bond donors (Lipinski definition) is 3. The van der Waals surface area contributed by atoms with Crippen molar-refractivity contribution in [3.63, 3.8) is 0 Å². The van der Waals surface area contributed by atoms with Crippen molar-refractivity contribution in [2.75, 3.05) is 26.9 Å². The monoisotopic (exact) mass is 250 g/mol. The molecule has 1 fully saturated rings. The van der Waals surface area contributed by atoms with E-state index in [2.05, 4.69) is 0 Å². The van der Waals surface area contributed by atoms with Crippen LogP contribution in [0, 0.1) is 5.92 Å². The lowest BCUT2D eigenvalue weighted by Gasteiger charge is -2.40. The molecule has 1 aliphatic heterocycles. The minimum absolute atomic E-state index is 0.0108. The highest BCUT2D eigenvalue weighted by Crippen LogP contribution is 2.28. The predicted octanol–water partition coefficient (Wildman–Crippen LogP) is -0.885.